The van der Waals surface area contributed by atoms with Crippen molar-refractivity contribution >= 4 is 117 Å². The number of β-lactam (4-membered cyclic amide) rings is 1. The van der Waals surface area contributed by atoms with Crippen LogP contribution in [0.5, 0.6) is 5.88 Å². The Kier molecular flexibility index (Phi) is 10.4. The fourth-order valence-corrected chi connectivity index (χ4v) is 7.18. The molecular weight excluding hydrogens is 625 g/mol. The molecule has 0 bridgehead atoms. The zero-order chi connectivity index (χ0) is 28.4. The van der Waals surface area contributed by atoms with Crippen LogP contribution in [-0.2, 0) is 24.0 Å². The Balaban J connectivity index is 0.00000441. The van der Waals surface area contributed by atoms with Crippen LogP contribution in [0.1, 0.15) is 16.2 Å². The zero-order valence-corrected chi connectivity index (χ0v) is 22.2. The van der Waals surface area contributed by atoms with Crippen LogP contribution in [0.3, 0.4) is 0 Å². The van der Waals surface area contributed by atoms with E-state index in [0.717, 1.165) is 51.5 Å². The van der Waals surface area contributed by atoms with Gasteiger partial charge in [0.05, 0.1) is 4.21 Å². The van der Waals surface area contributed by atoms with Crippen LogP contribution >= 0.6 is 46.6 Å². The Labute approximate surface area is 261 Å². The standard InChI is InChI=1S/C18H15N7O10S4.Na.H/c19-18-21-10(23-39-18)7(22-35-1-5(26)27)12(29)20-8-13(30)25-9(16(33)34)4(2-36-14(8)25)3-37-17-6(15(31)32)11(28)24-38-17;;/h8,14H,1-3H2,(H,20,29)(H,24,28)(H,26,27)(H,31,32)(H,33,34)(H2,19,21,23);;/b22-7+;;/t8?,14-;;/m1../s1. The molecule has 2 aromatic rings. The molecule has 4 rings (SSSR count). The molecule has 0 spiro atoms. The number of carbonyl (C=O) groups excluding carboxylic acids is 2. The third kappa shape index (κ3) is 6.50. The summed E-state index contributed by atoms with van der Waals surface area (Å²) >= 11 is 3.60. The van der Waals surface area contributed by atoms with E-state index in [1.54, 1.807) is 0 Å². The van der Waals surface area contributed by atoms with Crippen molar-refractivity contribution in [2.45, 2.75) is 15.6 Å². The number of aromatic hydroxyl groups is 1. The Morgan fingerprint density at radius 2 is 1.90 bits per heavy atom. The summed E-state index contributed by atoms with van der Waals surface area (Å²) in [5.74, 6) is -6.65. The minimum absolute atomic E-state index is 0. The summed E-state index contributed by atoms with van der Waals surface area (Å²) in [7, 11) is 0. The normalized spacial score (nSPS) is 18.4. The maximum absolute atomic E-state index is 13.0. The summed E-state index contributed by atoms with van der Waals surface area (Å²) in [6.07, 6.45) is 0. The summed E-state index contributed by atoms with van der Waals surface area (Å²) in [6.45, 7) is -0.867. The molecule has 4 heterocycles. The summed E-state index contributed by atoms with van der Waals surface area (Å²) in [5, 5.41) is 42.5. The van der Waals surface area contributed by atoms with Crippen LogP contribution in [0, 0.1) is 0 Å². The number of aromatic nitrogens is 3. The van der Waals surface area contributed by atoms with Crippen molar-refractivity contribution in [1.29, 1.82) is 0 Å². The molecule has 1 fully saturated rings. The number of thioether (sulfide) groups is 2. The SMILES string of the molecule is Nc1nc(/C(=N\OCC(=O)O)C(=O)NC2C(=O)N3C(C(=O)O)=C(CSc4snc(O)c4C(=O)O)CS[C@H]23)ns1.[NaH]. The second-order valence-electron chi connectivity index (χ2n) is 7.44. The molecule has 2 aliphatic heterocycles. The number of nitrogens with zero attached hydrogens (tertiary/aromatic N) is 5. The van der Waals surface area contributed by atoms with Crippen LogP contribution < -0.4 is 11.1 Å². The molecule has 0 saturated carbocycles. The molecule has 0 aromatic carbocycles. The number of rotatable bonds is 11. The van der Waals surface area contributed by atoms with Crippen molar-refractivity contribution in [2.24, 2.45) is 5.16 Å². The number of oxime groups is 1. The van der Waals surface area contributed by atoms with E-state index in [-0.39, 0.29) is 61.9 Å². The molecule has 2 aliphatic rings. The van der Waals surface area contributed by atoms with Crippen molar-refractivity contribution in [2.75, 3.05) is 23.8 Å². The molecule has 208 valence electrons. The topological polar surface area (TPSA) is 268 Å². The quantitative estimate of drug-likeness (QED) is 0.0545. The van der Waals surface area contributed by atoms with Crippen LogP contribution in [0.25, 0.3) is 0 Å². The number of carbonyl (C=O) groups is 5. The summed E-state index contributed by atoms with van der Waals surface area (Å²) < 4.78 is 7.60. The number of aliphatic carboxylic acids is 2. The number of fused-ring (bicyclic) bond motifs is 1. The Hall–Kier alpha value is -2.95. The van der Waals surface area contributed by atoms with Crippen molar-refractivity contribution in [3.63, 3.8) is 0 Å². The first kappa shape index (κ1) is 31.6. The van der Waals surface area contributed by atoms with Gasteiger partial charge in [-0.3, -0.25) is 14.5 Å². The average Bonchev–Trinajstić information content (AvgIpc) is 3.47. The third-order valence-corrected chi connectivity index (χ3v) is 9.04. The van der Waals surface area contributed by atoms with E-state index in [1.165, 1.54) is 0 Å². The molecule has 40 heavy (non-hydrogen) atoms. The number of nitrogens with two attached hydrogens (primary N) is 1. The predicted octanol–water partition coefficient (Wildman–Crippen LogP) is -1.33. The molecule has 1 saturated heterocycles. The van der Waals surface area contributed by atoms with Gasteiger partial charge < -0.3 is 36.3 Å². The van der Waals surface area contributed by atoms with E-state index < -0.39 is 64.9 Å². The van der Waals surface area contributed by atoms with Gasteiger partial charge in [0.15, 0.2) is 5.13 Å². The second-order valence-corrected chi connectivity index (χ2v) is 11.3. The third-order valence-electron chi connectivity index (χ3n) is 4.98. The number of hydrogen-bond acceptors (Lipinski definition) is 16. The number of amides is 2. The number of anilines is 1. The Bertz CT molecular complexity index is 1440. The zero-order valence-electron chi connectivity index (χ0n) is 19.0. The number of carboxylic acid groups (broad SMARTS) is 3. The number of hydrogen-bond donors (Lipinski definition) is 6. The first-order valence-electron chi connectivity index (χ1n) is 10.3. The Morgan fingerprint density at radius 3 is 2.50 bits per heavy atom. The van der Waals surface area contributed by atoms with Crippen molar-refractivity contribution in [3.05, 3.63) is 22.7 Å². The van der Waals surface area contributed by atoms with Gasteiger partial charge in [0.25, 0.3) is 11.8 Å². The molecule has 2 amide bonds. The summed E-state index contributed by atoms with van der Waals surface area (Å²) in [6, 6.07) is -1.16. The maximum atomic E-state index is 13.0. The molecular formula is C18H16N7NaO10S4. The van der Waals surface area contributed by atoms with Crippen LogP contribution in [0.4, 0.5) is 5.13 Å². The summed E-state index contributed by atoms with van der Waals surface area (Å²) in [4.78, 5) is 69.5. The fourth-order valence-electron chi connectivity index (χ4n) is 3.37. The first-order valence-corrected chi connectivity index (χ1v) is 13.8. The molecule has 2 atom stereocenters. The van der Waals surface area contributed by atoms with Gasteiger partial charge in [-0.2, -0.15) is 13.7 Å². The molecule has 1 unspecified atom stereocenters. The fraction of sp³-hybridized carbons (Fsp3) is 0.278. The van der Waals surface area contributed by atoms with Crippen molar-refractivity contribution in [3.8, 4) is 5.88 Å². The van der Waals surface area contributed by atoms with Gasteiger partial charge >= 0.3 is 47.5 Å². The number of nitrogen functional groups attached to an aromatic ring is 1. The van der Waals surface area contributed by atoms with E-state index >= 15 is 0 Å². The predicted molar refractivity (Wildman–Crippen MR) is 143 cm³/mol. The number of carboxylic acids is 3. The molecule has 22 heteroatoms. The van der Waals surface area contributed by atoms with Crippen molar-refractivity contribution in [1.82, 2.24) is 23.9 Å². The Morgan fingerprint density at radius 1 is 1.18 bits per heavy atom. The monoisotopic (exact) mass is 641 g/mol. The minimum atomic E-state index is -1.40. The average molecular weight is 642 g/mol. The van der Waals surface area contributed by atoms with E-state index in [0.29, 0.717) is 5.57 Å². The summed E-state index contributed by atoms with van der Waals surface area (Å²) in [5.41, 5.74) is 4.62. The van der Waals surface area contributed by atoms with E-state index in [2.05, 4.69) is 29.0 Å². The van der Waals surface area contributed by atoms with E-state index in [4.69, 9.17) is 10.8 Å². The first-order chi connectivity index (χ1) is 18.5. The van der Waals surface area contributed by atoms with Crippen LogP contribution in [-0.4, -0.2) is 134 Å². The van der Waals surface area contributed by atoms with Crippen molar-refractivity contribution < 1.29 is 49.2 Å². The van der Waals surface area contributed by atoms with Gasteiger partial charge in [0.1, 0.15) is 22.7 Å². The second kappa shape index (κ2) is 13.1. The van der Waals surface area contributed by atoms with Gasteiger partial charge in [-0.05, 0) is 17.1 Å². The van der Waals surface area contributed by atoms with Gasteiger partial charge in [-0.25, -0.2) is 14.4 Å². The van der Waals surface area contributed by atoms with E-state index in [1.807, 2.05) is 0 Å². The van der Waals surface area contributed by atoms with Crippen LogP contribution in [0.2, 0.25) is 0 Å². The molecule has 17 nitrogen and oxygen atoms in total. The molecule has 0 aliphatic carbocycles. The number of aromatic carboxylic acids is 1. The molecule has 0 radical (unpaired) electrons. The van der Waals surface area contributed by atoms with Gasteiger partial charge in [0, 0.05) is 23.0 Å². The van der Waals surface area contributed by atoms with E-state index in [9.17, 15) is 39.3 Å². The van der Waals surface area contributed by atoms with Gasteiger partial charge in [-0.15, -0.1) is 23.5 Å². The van der Waals surface area contributed by atoms with Gasteiger partial charge in [-0.1, -0.05) is 5.16 Å². The number of nitrogens with one attached hydrogen (secondary N) is 1. The molecule has 2 aromatic heterocycles. The van der Waals surface area contributed by atoms with Gasteiger partial charge in [0.2, 0.25) is 24.0 Å². The molecule has 7 N–H and O–H groups in total. The van der Waals surface area contributed by atoms with Crippen LogP contribution in [0.15, 0.2) is 20.6 Å².